The Labute approximate surface area is 310 Å². The molecular formula is C40H48ClN7O4. The maximum absolute atomic E-state index is 13.2. The molecule has 1 aliphatic rings. The number of nitrogens with one attached hydrogen (secondary N) is 3. The van der Waals surface area contributed by atoms with Crippen LogP contribution in [-0.4, -0.2) is 68.7 Å². The standard InChI is InChI=1S/C40H48ClN7O4/c1-27-32(24-44-46-27)30-22-35(33-25-45-48(36(33)23-30)38-13-8-9-20-51-38)42-17-10-18-43-37(49)16-19-47(39(50)52-40(2,3)4)26-28-14-15-31(34(41)21-28)29-11-6-5-7-12-29/h5-7,11-12,14-15,21-25,38,42H,8-10,13,16-20,26H2,1-4H3,(H,43,49)(H,44,46). The predicted molar refractivity (Wildman–Crippen MR) is 205 cm³/mol. The van der Waals surface area contributed by atoms with E-state index in [1.54, 1.807) is 4.90 Å². The van der Waals surface area contributed by atoms with E-state index >= 15 is 0 Å². The van der Waals surface area contributed by atoms with Crippen molar-refractivity contribution in [1.82, 2.24) is 30.2 Å². The number of H-pyrrole nitrogens is 1. The highest BCUT2D eigenvalue weighted by molar-refractivity contribution is 6.33. The number of hydrogen-bond acceptors (Lipinski definition) is 7. The molecule has 6 rings (SSSR count). The van der Waals surface area contributed by atoms with E-state index in [1.807, 2.05) is 93.3 Å². The van der Waals surface area contributed by atoms with E-state index in [-0.39, 0.29) is 31.6 Å². The molecule has 3 aromatic carbocycles. The van der Waals surface area contributed by atoms with Gasteiger partial charge in [0.05, 0.1) is 17.9 Å². The number of ether oxygens (including phenoxy) is 2. The lowest BCUT2D eigenvalue weighted by Gasteiger charge is -2.27. The molecule has 0 spiro atoms. The van der Waals surface area contributed by atoms with Crippen LogP contribution in [0.25, 0.3) is 33.2 Å². The molecule has 12 heteroatoms. The summed E-state index contributed by atoms with van der Waals surface area (Å²) in [5.41, 5.74) is 7.13. The fourth-order valence-electron chi connectivity index (χ4n) is 6.39. The molecule has 0 aliphatic carbocycles. The fraction of sp³-hybridized carbons (Fsp3) is 0.400. The molecular weight excluding hydrogens is 678 g/mol. The van der Waals surface area contributed by atoms with E-state index < -0.39 is 11.7 Å². The Kier molecular flexibility index (Phi) is 11.8. The minimum atomic E-state index is -0.676. The van der Waals surface area contributed by atoms with E-state index in [2.05, 4.69) is 33.0 Å². The van der Waals surface area contributed by atoms with Gasteiger partial charge in [-0.15, -0.1) is 0 Å². The molecule has 0 saturated carbocycles. The number of aryl methyl sites for hydroxylation is 1. The summed E-state index contributed by atoms with van der Waals surface area (Å²) in [6.07, 6.45) is 7.12. The Bertz CT molecular complexity index is 1980. The molecule has 1 atom stereocenters. The second kappa shape index (κ2) is 16.6. The van der Waals surface area contributed by atoms with Gasteiger partial charge in [0.25, 0.3) is 0 Å². The molecule has 1 fully saturated rings. The lowest BCUT2D eigenvalue weighted by molar-refractivity contribution is -0.121. The van der Waals surface area contributed by atoms with Crippen molar-refractivity contribution >= 4 is 40.2 Å². The van der Waals surface area contributed by atoms with Gasteiger partial charge in [-0.2, -0.15) is 10.2 Å². The van der Waals surface area contributed by atoms with Crippen LogP contribution in [0.3, 0.4) is 0 Å². The number of halogens is 1. The average Bonchev–Trinajstić information content (AvgIpc) is 3.76. The van der Waals surface area contributed by atoms with Crippen LogP contribution >= 0.6 is 11.6 Å². The van der Waals surface area contributed by atoms with Gasteiger partial charge in [0.1, 0.15) is 5.60 Å². The van der Waals surface area contributed by atoms with Crippen molar-refractivity contribution in [3.05, 3.63) is 89.3 Å². The lowest BCUT2D eigenvalue weighted by atomic mass is 10.0. The normalized spacial score (nSPS) is 14.7. The number of aromatic amines is 1. The maximum Gasteiger partial charge on any atom is 0.410 e. The second-order valence-corrected chi connectivity index (χ2v) is 14.6. The molecule has 274 valence electrons. The summed E-state index contributed by atoms with van der Waals surface area (Å²) >= 11 is 6.67. The summed E-state index contributed by atoms with van der Waals surface area (Å²) in [4.78, 5) is 27.7. The summed E-state index contributed by atoms with van der Waals surface area (Å²) in [5, 5.41) is 20.2. The number of aromatic nitrogens is 4. The number of carbonyl (C=O) groups is 2. The van der Waals surface area contributed by atoms with Gasteiger partial charge in [0.15, 0.2) is 6.23 Å². The van der Waals surface area contributed by atoms with Gasteiger partial charge in [0.2, 0.25) is 5.91 Å². The van der Waals surface area contributed by atoms with Gasteiger partial charge in [-0.25, -0.2) is 9.48 Å². The first kappa shape index (κ1) is 36.9. The van der Waals surface area contributed by atoms with Crippen molar-refractivity contribution in [2.75, 3.05) is 31.6 Å². The zero-order valence-electron chi connectivity index (χ0n) is 30.4. The van der Waals surface area contributed by atoms with Crippen molar-refractivity contribution in [3.63, 3.8) is 0 Å². The minimum Gasteiger partial charge on any atom is -0.444 e. The van der Waals surface area contributed by atoms with Crippen LogP contribution in [0.5, 0.6) is 0 Å². The Morgan fingerprint density at radius 1 is 1.04 bits per heavy atom. The quantitative estimate of drug-likeness (QED) is 0.104. The van der Waals surface area contributed by atoms with Gasteiger partial charge < -0.3 is 25.0 Å². The molecule has 1 saturated heterocycles. The third-order valence-corrected chi connectivity index (χ3v) is 9.34. The summed E-state index contributed by atoms with van der Waals surface area (Å²) in [6.45, 7) is 9.80. The molecule has 2 amide bonds. The molecule has 0 radical (unpaired) electrons. The van der Waals surface area contributed by atoms with Crippen molar-refractivity contribution in [2.45, 2.75) is 78.2 Å². The Hall–Kier alpha value is -4.87. The van der Waals surface area contributed by atoms with Crippen LogP contribution in [-0.2, 0) is 20.8 Å². The van der Waals surface area contributed by atoms with Crippen LogP contribution in [0, 0.1) is 6.92 Å². The van der Waals surface area contributed by atoms with Crippen LogP contribution in [0.4, 0.5) is 10.5 Å². The number of amides is 2. The molecule has 1 unspecified atom stereocenters. The van der Waals surface area contributed by atoms with Crippen molar-refractivity contribution in [3.8, 4) is 22.3 Å². The first-order chi connectivity index (χ1) is 25.1. The lowest BCUT2D eigenvalue weighted by Crippen LogP contribution is -2.39. The summed E-state index contributed by atoms with van der Waals surface area (Å²) in [5.74, 6) is -0.139. The van der Waals surface area contributed by atoms with Crippen LogP contribution in [0.1, 0.15) is 70.4 Å². The van der Waals surface area contributed by atoms with Gasteiger partial charge in [-0.3, -0.25) is 9.89 Å². The third kappa shape index (κ3) is 9.32. The average molecular weight is 726 g/mol. The highest BCUT2D eigenvalue weighted by atomic mass is 35.5. The van der Waals surface area contributed by atoms with Gasteiger partial charge in [-0.1, -0.05) is 54.1 Å². The zero-order chi connectivity index (χ0) is 36.7. The number of hydrogen-bond donors (Lipinski definition) is 3. The zero-order valence-corrected chi connectivity index (χ0v) is 31.1. The molecule has 1 aliphatic heterocycles. The number of carbonyl (C=O) groups excluding carboxylic acids is 2. The Morgan fingerprint density at radius 3 is 2.58 bits per heavy atom. The van der Waals surface area contributed by atoms with E-state index in [1.165, 1.54) is 0 Å². The van der Waals surface area contributed by atoms with Crippen molar-refractivity contribution in [2.24, 2.45) is 0 Å². The van der Waals surface area contributed by atoms with Gasteiger partial charge in [-0.05, 0) is 88.3 Å². The number of fused-ring (bicyclic) bond motifs is 1. The van der Waals surface area contributed by atoms with Crippen LogP contribution in [0.2, 0.25) is 5.02 Å². The largest absolute Gasteiger partial charge is 0.444 e. The number of nitrogens with zero attached hydrogens (tertiary/aromatic N) is 4. The van der Waals surface area contributed by atoms with E-state index in [9.17, 15) is 9.59 Å². The summed E-state index contributed by atoms with van der Waals surface area (Å²) in [6, 6.07) is 20.0. The van der Waals surface area contributed by atoms with Crippen LogP contribution in [0.15, 0.2) is 73.1 Å². The third-order valence-electron chi connectivity index (χ3n) is 9.03. The van der Waals surface area contributed by atoms with Gasteiger partial charge in [0, 0.05) is 72.1 Å². The van der Waals surface area contributed by atoms with Crippen molar-refractivity contribution in [1.29, 1.82) is 0 Å². The number of anilines is 1. The van der Waals surface area contributed by atoms with Crippen molar-refractivity contribution < 1.29 is 19.1 Å². The highest BCUT2D eigenvalue weighted by Crippen LogP contribution is 2.35. The minimum absolute atomic E-state index is 0.0840. The van der Waals surface area contributed by atoms with E-state index in [4.69, 9.17) is 26.2 Å². The Morgan fingerprint density at radius 2 is 1.87 bits per heavy atom. The van der Waals surface area contributed by atoms with E-state index in [0.717, 1.165) is 76.0 Å². The SMILES string of the molecule is Cc1[nH]ncc1-c1cc(NCCCNC(=O)CCN(Cc2ccc(-c3ccccc3)c(Cl)c2)C(=O)OC(C)(C)C)c2cnn(C3CCCCO3)c2c1. The first-order valence-electron chi connectivity index (χ1n) is 18.0. The monoisotopic (exact) mass is 725 g/mol. The molecule has 52 heavy (non-hydrogen) atoms. The van der Waals surface area contributed by atoms with E-state index in [0.29, 0.717) is 24.5 Å². The predicted octanol–water partition coefficient (Wildman–Crippen LogP) is 8.50. The number of benzene rings is 3. The molecule has 3 N–H and O–H groups in total. The smallest absolute Gasteiger partial charge is 0.410 e. The Balaban J connectivity index is 1.05. The molecule has 3 heterocycles. The molecule has 2 aromatic heterocycles. The highest BCUT2D eigenvalue weighted by Gasteiger charge is 2.24. The fourth-order valence-corrected chi connectivity index (χ4v) is 6.70. The first-order valence-corrected chi connectivity index (χ1v) is 18.4. The van der Waals surface area contributed by atoms with Crippen LogP contribution < -0.4 is 10.6 Å². The summed E-state index contributed by atoms with van der Waals surface area (Å²) < 4.78 is 13.7. The maximum atomic E-state index is 13.2. The molecule has 5 aromatic rings. The van der Waals surface area contributed by atoms with Gasteiger partial charge >= 0.3 is 6.09 Å². The molecule has 0 bridgehead atoms. The topological polar surface area (TPSA) is 126 Å². The second-order valence-electron chi connectivity index (χ2n) is 14.2. The number of rotatable bonds is 13. The summed E-state index contributed by atoms with van der Waals surface area (Å²) in [7, 11) is 0. The molecule has 11 nitrogen and oxygen atoms in total.